The molecule has 1 nitrogen and oxygen atoms in total. The third-order valence-corrected chi connectivity index (χ3v) is 5.06. The van der Waals surface area contributed by atoms with E-state index in [4.69, 9.17) is 4.74 Å². The largest absolute Gasteiger partial charge is 0.355 e. The van der Waals surface area contributed by atoms with E-state index in [0.29, 0.717) is 12.3 Å². The first-order valence-electron chi connectivity index (χ1n) is 9.06. The van der Waals surface area contributed by atoms with E-state index in [1.807, 2.05) is 0 Å². The van der Waals surface area contributed by atoms with Gasteiger partial charge in [0.2, 0.25) is 0 Å². The van der Waals surface area contributed by atoms with Crippen LogP contribution in [0.15, 0.2) is 0 Å². The van der Waals surface area contributed by atoms with Gasteiger partial charge in [0.25, 0.3) is 0 Å². The number of ether oxygens (including phenoxy) is 1. The smallest absolute Gasteiger partial charge is 0.317 e. The van der Waals surface area contributed by atoms with E-state index in [1.165, 1.54) is 6.42 Å². The van der Waals surface area contributed by atoms with Gasteiger partial charge in [0.1, 0.15) is 0 Å². The van der Waals surface area contributed by atoms with Crippen LogP contribution in [0.5, 0.6) is 0 Å². The summed E-state index contributed by atoms with van der Waals surface area (Å²) in [7, 11) is 0. The number of hydrogen-bond donors (Lipinski definition) is 0. The minimum absolute atomic E-state index is 0.110. The summed E-state index contributed by atoms with van der Waals surface area (Å²) in [4.78, 5) is 0. The van der Waals surface area contributed by atoms with Crippen LogP contribution in [-0.4, -0.2) is 12.2 Å². The Kier molecular flexibility index (Phi) is 8.77. The van der Waals surface area contributed by atoms with E-state index in [0.717, 1.165) is 57.3 Å². The molecule has 0 aromatic carbocycles. The van der Waals surface area contributed by atoms with Crippen molar-refractivity contribution in [2.24, 2.45) is 11.8 Å². The fourth-order valence-electron chi connectivity index (χ4n) is 3.52. The SMILES string of the molecule is CCCC(CC)CCCC(F)(F)OC1CCC(CC)CC1. The van der Waals surface area contributed by atoms with Gasteiger partial charge in [0, 0.05) is 6.42 Å². The molecule has 21 heavy (non-hydrogen) atoms. The fraction of sp³-hybridized carbons (Fsp3) is 1.00. The van der Waals surface area contributed by atoms with Crippen LogP contribution in [0.3, 0.4) is 0 Å². The van der Waals surface area contributed by atoms with Crippen LogP contribution in [0.2, 0.25) is 0 Å². The maximum Gasteiger partial charge on any atom is 0.355 e. The van der Waals surface area contributed by atoms with Gasteiger partial charge in [-0.25, -0.2) is 0 Å². The molecule has 0 aromatic heterocycles. The van der Waals surface area contributed by atoms with Crippen LogP contribution in [0.1, 0.15) is 91.4 Å². The summed E-state index contributed by atoms with van der Waals surface area (Å²) >= 11 is 0. The molecule has 1 aliphatic rings. The Balaban J connectivity index is 2.23. The van der Waals surface area contributed by atoms with E-state index in [-0.39, 0.29) is 12.5 Å². The van der Waals surface area contributed by atoms with Crippen molar-refractivity contribution in [3.05, 3.63) is 0 Å². The predicted octanol–water partition coefficient (Wildman–Crippen LogP) is 6.56. The maximum absolute atomic E-state index is 13.9. The monoisotopic (exact) mass is 304 g/mol. The first-order chi connectivity index (χ1) is 10.0. The van der Waals surface area contributed by atoms with Crippen molar-refractivity contribution in [3.63, 3.8) is 0 Å². The summed E-state index contributed by atoms with van der Waals surface area (Å²) in [6, 6.07) is 0. The Hall–Kier alpha value is -0.180. The Labute approximate surface area is 129 Å². The quantitative estimate of drug-likeness (QED) is 0.444. The summed E-state index contributed by atoms with van der Waals surface area (Å²) in [5, 5.41) is 0. The number of alkyl halides is 2. The molecular weight excluding hydrogens is 270 g/mol. The maximum atomic E-state index is 13.9. The van der Waals surface area contributed by atoms with Gasteiger partial charge in [-0.1, -0.05) is 52.9 Å². The van der Waals surface area contributed by atoms with Crippen molar-refractivity contribution in [3.8, 4) is 0 Å². The Morgan fingerprint density at radius 1 is 1.05 bits per heavy atom. The second kappa shape index (κ2) is 9.76. The molecule has 1 fully saturated rings. The fourth-order valence-corrected chi connectivity index (χ4v) is 3.52. The lowest BCUT2D eigenvalue weighted by atomic mass is 9.86. The molecule has 1 unspecified atom stereocenters. The average Bonchev–Trinajstić information content (AvgIpc) is 2.46. The molecule has 0 radical (unpaired) electrons. The summed E-state index contributed by atoms with van der Waals surface area (Å²) in [5.74, 6) is 1.32. The van der Waals surface area contributed by atoms with Crippen molar-refractivity contribution in [2.45, 2.75) is 104 Å². The summed E-state index contributed by atoms with van der Waals surface area (Å²) < 4.78 is 32.9. The Morgan fingerprint density at radius 2 is 1.71 bits per heavy atom. The molecule has 0 N–H and O–H groups in total. The standard InChI is InChI=1S/C18H34F2O/c1-4-8-15(5-2)9-7-14-18(19,20)21-17-12-10-16(6-3)11-13-17/h15-17H,4-14H2,1-3H3. The average molecular weight is 304 g/mol. The highest BCUT2D eigenvalue weighted by molar-refractivity contribution is 4.73. The van der Waals surface area contributed by atoms with Crippen LogP contribution >= 0.6 is 0 Å². The molecule has 0 spiro atoms. The Bertz CT molecular complexity index is 260. The van der Waals surface area contributed by atoms with Crippen LogP contribution < -0.4 is 0 Å². The molecule has 0 aromatic rings. The van der Waals surface area contributed by atoms with Gasteiger partial charge in [0.15, 0.2) is 0 Å². The van der Waals surface area contributed by atoms with Gasteiger partial charge in [-0.2, -0.15) is 8.78 Å². The Morgan fingerprint density at radius 3 is 2.24 bits per heavy atom. The van der Waals surface area contributed by atoms with Crippen molar-refractivity contribution in [2.75, 3.05) is 0 Å². The highest BCUT2D eigenvalue weighted by atomic mass is 19.3. The van der Waals surface area contributed by atoms with E-state index < -0.39 is 6.11 Å². The molecule has 1 atom stereocenters. The van der Waals surface area contributed by atoms with E-state index >= 15 is 0 Å². The summed E-state index contributed by atoms with van der Waals surface area (Å²) in [6.07, 6.45) is 6.51. The molecular formula is C18H34F2O. The molecule has 1 aliphatic carbocycles. The third-order valence-electron chi connectivity index (χ3n) is 5.06. The summed E-state index contributed by atoms with van der Waals surface area (Å²) in [6.45, 7) is 6.50. The predicted molar refractivity (Wildman–Crippen MR) is 84.6 cm³/mol. The number of halogens is 2. The lowest BCUT2D eigenvalue weighted by Crippen LogP contribution is -2.31. The summed E-state index contributed by atoms with van der Waals surface area (Å²) in [5.41, 5.74) is 0. The topological polar surface area (TPSA) is 9.23 Å². The number of hydrogen-bond acceptors (Lipinski definition) is 1. The second-order valence-electron chi connectivity index (χ2n) is 6.76. The van der Waals surface area contributed by atoms with Crippen molar-refractivity contribution < 1.29 is 13.5 Å². The normalized spacial score (nSPS) is 25.0. The first-order valence-corrected chi connectivity index (χ1v) is 9.06. The van der Waals surface area contributed by atoms with Crippen LogP contribution in [0.4, 0.5) is 8.78 Å². The zero-order chi connectivity index (χ0) is 15.7. The van der Waals surface area contributed by atoms with Crippen LogP contribution in [0, 0.1) is 11.8 Å². The van der Waals surface area contributed by atoms with Gasteiger partial charge in [-0.15, -0.1) is 0 Å². The van der Waals surface area contributed by atoms with Gasteiger partial charge in [-0.05, 0) is 43.9 Å². The van der Waals surface area contributed by atoms with Gasteiger partial charge in [0.05, 0.1) is 6.10 Å². The van der Waals surface area contributed by atoms with Crippen LogP contribution in [-0.2, 0) is 4.74 Å². The van der Waals surface area contributed by atoms with E-state index in [2.05, 4.69) is 20.8 Å². The zero-order valence-electron chi connectivity index (χ0n) is 14.2. The first kappa shape index (κ1) is 18.9. The molecule has 3 heteroatoms. The molecule has 0 amide bonds. The van der Waals surface area contributed by atoms with Crippen LogP contribution in [0.25, 0.3) is 0 Å². The van der Waals surface area contributed by atoms with Crippen molar-refractivity contribution >= 4 is 0 Å². The molecule has 1 rings (SSSR count). The third kappa shape index (κ3) is 7.58. The lowest BCUT2D eigenvalue weighted by molar-refractivity contribution is -0.271. The highest BCUT2D eigenvalue weighted by Gasteiger charge is 2.34. The van der Waals surface area contributed by atoms with E-state index in [9.17, 15) is 8.78 Å². The lowest BCUT2D eigenvalue weighted by Gasteiger charge is -2.31. The molecule has 0 saturated heterocycles. The zero-order valence-corrected chi connectivity index (χ0v) is 14.2. The van der Waals surface area contributed by atoms with Gasteiger partial charge < -0.3 is 4.74 Å². The highest BCUT2D eigenvalue weighted by Crippen LogP contribution is 2.34. The minimum Gasteiger partial charge on any atom is -0.317 e. The minimum atomic E-state index is -2.92. The number of rotatable bonds is 10. The molecule has 126 valence electrons. The molecule has 1 saturated carbocycles. The van der Waals surface area contributed by atoms with Gasteiger partial charge in [-0.3, -0.25) is 0 Å². The van der Waals surface area contributed by atoms with Crippen molar-refractivity contribution in [1.29, 1.82) is 0 Å². The van der Waals surface area contributed by atoms with Crippen molar-refractivity contribution in [1.82, 2.24) is 0 Å². The molecule has 0 aliphatic heterocycles. The van der Waals surface area contributed by atoms with Gasteiger partial charge >= 0.3 is 6.11 Å². The second-order valence-corrected chi connectivity index (χ2v) is 6.76. The molecule has 0 bridgehead atoms. The van der Waals surface area contributed by atoms with E-state index in [1.54, 1.807) is 0 Å². The molecule has 0 heterocycles.